The average molecular weight is 426 g/mol. The first kappa shape index (κ1) is 21.9. The highest BCUT2D eigenvalue weighted by atomic mass is 16.7. The molecule has 5 N–H and O–H groups in total. The van der Waals surface area contributed by atoms with E-state index in [2.05, 4.69) is 13.2 Å². The molecule has 0 radical (unpaired) electrons. The third-order valence-corrected chi connectivity index (χ3v) is 7.26. The molecule has 9 nitrogen and oxygen atoms in total. The van der Waals surface area contributed by atoms with Crippen molar-refractivity contribution in [3.63, 3.8) is 0 Å². The number of aliphatic hydroxyl groups excluding tert-OH is 5. The van der Waals surface area contributed by atoms with Crippen molar-refractivity contribution in [2.75, 3.05) is 6.61 Å². The molecule has 0 spiro atoms. The molecule has 0 bridgehead atoms. The van der Waals surface area contributed by atoms with E-state index in [0.29, 0.717) is 18.4 Å². The van der Waals surface area contributed by atoms with Gasteiger partial charge in [0.05, 0.1) is 24.7 Å². The van der Waals surface area contributed by atoms with Crippen molar-refractivity contribution in [3.8, 4) is 0 Å². The van der Waals surface area contributed by atoms with E-state index >= 15 is 0 Å². The Balaban J connectivity index is 1.55. The van der Waals surface area contributed by atoms with E-state index in [1.54, 1.807) is 6.92 Å². The van der Waals surface area contributed by atoms with Gasteiger partial charge in [-0.3, -0.25) is 4.79 Å². The summed E-state index contributed by atoms with van der Waals surface area (Å²) < 4.78 is 17.0. The highest BCUT2D eigenvalue weighted by molar-refractivity contribution is 5.75. The minimum absolute atomic E-state index is 0.130. The third kappa shape index (κ3) is 3.33. The minimum Gasteiger partial charge on any atom is -0.461 e. The fourth-order valence-corrected chi connectivity index (χ4v) is 5.53. The number of hydrogen-bond donors (Lipinski definition) is 5. The van der Waals surface area contributed by atoms with Crippen LogP contribution in [0.15, 0.2) is 24.3 Å². The van der Waals surface area contributed by atoms with Gasteiger partial charge in [-0.05, 0) is 24.3 Å². The zero-order valence-corrected chi connectivity index (χ0v) is 16.8. The number of hydrogen-bond acceptors (Lipinski definition) is 9. The Bertz CT molecular complexity index is 721. The van der Waals surface area contributed by atoms with Crippen molar-refractivity contribution in [1.29, 1.82) is 0 Å². The van der Waals surface area contributed by atoms with Crippen molar-refractivity contribution in [2.24, 2.45) is 23.7 Å². The molecule has 4 aliphatic rings. The molecule has 9 heteroatoms. The first-order valence-electron chi connectivity index (χ1n) is 10.4. The Morgan fingerprint density at radius 3 is 2.50 bits per heavy atom. The average Bonchev–Trinajstić information content (AvgIpc) is 3.15. The standard InChI is InChI=1S/C21H30O9/c1-7-4-11(23)15-9(3)20(27)30-19(15)14-8(2)12(5-10(7)14)28-21-18(26)17(25)16(24)13(6-22)29-21/h9-19,21-26H,1-2,4-6H2,3H3/t9-,10+,11-,12+,13-,14+,15-,16-,17+,18-,19-,21-/m1/s1. The fraction of sp³-hybridized carbons (Fsp3) is 0.762. The normalized spacial score (nSPS) is 51.3. The molecule has 0 amide bonds. The number of esters is 1. The van der Waals surface area contributed by atoms with Crippen LogP contribution >= 0.6 is 0 Å². The predicted octanol–water partition coefficient (Wildman–Crippen LogP) is -1.14. The lowest BCUT2D eigenvalue weighted by Gasteiger charge is -2.40. The molecule has 0 unspecified atom stereocenters. The van der Waals surface area contributed by atoms with Crippen LogP contribution in [0.3, 0.4) is 0 Å². The van der Waals surface area contributed by atoms with Gasteiger partial charge in [0, 0.05) is 11.8 Å². The maximum Gasteiger partial charge on any atom is 0.309 e. The number of carbonyl (C=O) groups is 1. The quantitative estimate of drug-likeness (QED) is 0.279. The van der Waals surface area contributed by atoms with Gasteiger partial charge in [0.2, 0.25) is 0 Å². The molecule has 2 aliphatic carbocycles. The van der Waals surface area contributed by atoms with Crippen molar-refractivity contribution in [2.45, 2.75) is 68.8 Å². The minimum atomic E-state index is -1.54. The molecule has 4 fully saturated rings. The highest BCUT2D eigenvalue weighted by Crippen LogP contribution is 2.53. The maximum atomic E-state index is 12.2. The summed E-state index contributed by atoms with van der Waals surface area (Å²) in [7, 11) is 0. The molecule has 168 valence electrons. The van der Waals surface area contributed by atoms with E-state index in [1.807, 2.05) is 0 Å². The summed E-state index contributed by atoms with van der Waals surface area (Å²) >= 11 is 0. The third-order valence-electron chi connectivity index (χ3n) is 7.26. The number of carbonyl (C=O) groups excluding carboxylic acids is 1. The lowest BCUT2D eigenvalue weighted by molar-refractivity contribution is -0.308. The van der Waals surface area contributed by atoms with Gasteiger partial charge in [0.25, 0.3) is 0 Å². The van der Waals surface area contributed by atoms with E-state index in [-0.39, 0.29) is 23.7 Å². The summed E-state index contributed by atoms with van der Waals surface area (Å²) in [5.41, 5.74) is 1.47. The van der Waals surface area contributed by atoms with Gasteiger partial charge in [-0.15, -0.1) is 0 Å². The number of fused-ring (bicyclic) bond motifs is 3. The number of aliphatic hydroxyl groups is 5. The molecule has 0 aromatic rings. The van der Waals surface area contributed by atoms with Crippen LogP contribution in [0.5, 0.6) is 0 Å². The van der Waals surface area contributed by atoms with Gasteiger partial charge in [0.15, 0.2) is 6.29 Å². The molecular weight excluding hydrogens is 396 g/mol. The van der Waals surface area contributed by atoms with Crippen LogP contribution in [-0.2, 0) is 19.0 Å². The van der Waals surface area contributed by atoms with Gasteiger partial charge < -0.3 is 39.7 Å². The Kier molecular flexibility index (Phi) is 5.82. The van der Waals surface area contributed by atoms with Crippen LogP contribution in [0.25, 0.3) is 0 Å². The van der Waals surface area contributed by atoms with Gasteiger partial charge >= 0.3 is 5.97 Å². The summed E-state index contributed by atoms with van der Waals surface area (Å²) in [6.45, 7) is 9.49. The van der Waals surface area contributed by atoms with Crippen molar-refractivity contribution in [1.82, 2.24) is 0 Å². The molecule has 2 saturated heterocycles. The topological polar surface area (TPSA) is 146 Å². The van der Waals surface area contributed by atoms with E-state index in [0.717, 1.165) is 5.57 Å². The van der Waals surface area contributed by atoms with E-state index in [1.165, 1.54) is 0 Å². The number of rotatable bonds is 3. The summed E-state index contributed by atoms with van der Waals surface area (Å²) in [6, 6.07) is 0. The molecule has 2 aliphatic heterocycles. The Labute approximate surface area is 174 Å². The van der Waals surface area contributed by atoms with E-state index in [9.17, 15) is 30.3 Å². The zero-order chi connectivity index (χ0) is 21.9. The molecule has 2 saturated carbocycles. The largest absolute Gasteiger partial charge is 0.461 e. The van der Waals surface area contributed by atoms with Gasteiger partial charge in [-0.1, -0.05) is 25.7 Å². The monoisotopic (exact) mass is 426 g/mol. The molecule has 2 heterocycles. The second-order valence-corrected chi connectivity index (χ2v) is 8.96. The van der Waals surface area contributed by atoms with Crippen molar-refractivity contribution in [3.05, 3.63) is 24.3 Å². The molecule has 30 heavy (non-hydrogen) atoms. The molecule has 4 rings (SSSR count). The van der Waals surface area contributed by atoms with Crippen LogP contribution in [0.4, 0.5) is 0 Å². The van der Waals surface area contributed by atoms with Gasteiger partial charge in [-0.2, -0.15) is 0 Å². The molecule has 12 atom stereocenters. The van der Waals surface area contributed by atoms with Crippen molar-refractivity contribution >= 4 is 5.97 Å². The second kappa shape index (κ2) is 7.98. The van der Waals surface area contributed by atoms with Crippen LogP contribution in [-0.4, -0.2) is 87.1 Å². The van der Waals surface area contributed by atoms with Crippen LogP contribution in [0.1, 0.15) is 19.8 Å². The van der Waals surface area contributed by atoms with Crippen LogP contribution < -0.4 is 0 Å². The van der Waals surface area contributed by atoms with Gasteiger partial charge in [-0.25, -0.2) is 0 Å². The smallest absolute Gasteiger partial charge is 0.309 e. The SMILES string of the molecule is C=C1[C@@H]2[C@H]3OC(=O)[C@H](C)[C@@H]3[C@H](O)CC(=C)[C@@H]2C[C@@H]1O[C@@H]1O[C@H](CO)[C@@H](O)[C@H](O)[C@H]1O. The Morgan fingerprint density at radius 1 is 1.13 bits per heavy atom. The first-order chi connectivity index (χ1) is 14.1. The second-order valence-electron chi connectivity index (χ2n) is 8.96. The predicted molar refractivity (Wildman–Crippen MR) is 102 cm³/mol. The summed E-state index contributed by atoms with van der Waals surface area (Å²) in [4.78, 5) is 12.2. The highest BCUT2D eigenvalue weighted by Gasteiger charge is 2.57. The number of ether oxygens (including phenoxy) is 3. The summed E-state index contributed by atoms with van der Waals surface area (Å²) in [5, 5.41) is 50.3. The lowest BCUT2D eigenvalue weighted by atomic mass is 9.79. The summed E-state index contributed by atoms with van der Waals surface area (Å²) in [5.74, 6) is -1.57. The van der Waals surface area contributed by atoms with E-state index < -0.39 is 61.5 Å². The Morgan fingerprint density at radius 2 is 1.83 bits per heavy atom. The molecule has 0 aromatic heterocycles. The zero-order valence-electron chi connectivity index (χ0n) is 16.8. The van der Waals surface area contributed by atoms with Crippen LogP contribution in [0.2, 0.25) is 0 Å². The van der Waals surface area contributed by atoms with Gasteiger partial charge in [0.1, 0.15) is 30.5 Å². The Hall–Kier alpha value is -1.33. The molecular formula is C21H30O9. The first-order valence-corrected chi connectivity index (χ1v) is 10.4. The van der Waals surface area contributed by atoms with Crippen LogP contribution in [0, 0.1) is 23.7 Å². The lowest BCUT2D eigenvalue weighted by Crippen LogP contribution is -2.59. The fourth-order valence-electron chi connectivity index (χ4n) is 5.53. The van der Waals surface area contributed by atoms with E-state index in [4.69, 9.17) is 14.2 Å². The summed E-state index contributed by atoms with van der Waals surface area (Å²) in [6.07, 6.45) is -7.91. The molecule has 0 aromatic carbocycles. The van der Waals surface area contributed by atoms with Crippen molar-refractivity contribution < 1.29 is 44.5 Å². The maximum absolute atomic E-state index is 12.2.